The average Bonchev–Trinajstić information content (AvgIpc) is 3.53. The van der Waals surface area contributed by atoms with Crippen LogP contribution in [0.5, 0.6) is 0 Å². The number of nitrogens with zero attached hydrogens (tertiary/aromatic N) is 4. The molecule has 12 heteroatoms. The molecule has 0 radical (unpaired) electrons. The first-order valence-electron chi connectivity index (χ1n) is 10.2. The number of nitrogens with one attached hydrogen (secondary N) is 3. The minimum absolute atomic E-state index is 0.202. The van der Waals surface area contributed by atoms with E-state index in [-0.39, 0.29) is 12.0 Å². The number of ether oxygens (including phenoxy) is 1. The van der Waals surface area contributed by atoms with Crippen LogP contribution in [-0.4, -0.2) is 57.2 Å². The van der Waals surface area contributed by atoms with E-state index in [2.05, 4.69) is 30.6 Å². The third kappa shape index (κ3) is 4.31. The van der Waals surface area contributed by atoms with E-state index in [1.807, 2.05) is 0 Å². The number of fused-ring (bicyclic) bond motifs is 1. The molecule has 5 rings (SSSR count). The number of halogens is 3. The quantitative estimate of drug-likeness (QED) is 0.561. The Morgan fingerprint density at radius 1 is 1.19 bits per heavy atom. The molecule has 3 N–H and O–H groups in total. The Kier molecular flexibility index (Phi) is 5.08. The number of hydrogen-bond acceptors (Lipinski definition) is 6. The van der Waals surface area contributed by atoms with Gasteiger partial charge in [0.2, 0.25) is 5.95 Å². The second-order valence-corrected chi connectivity index (χ2v) is 7.73. The fourth-order valence-corrected chi connectivity index (χ4v) is 3.52. The minimum Gasteiger partial charge on any atom is -0.378 e. The van der Waals surface area contributed by atoms with Gasteiger partial charge < -0.3 is 25.3 Å². The SMILES string of the molecule is O=C(Nc1cc(Nc2nccc(C(F)(F)F)n2)cc2[nH]c(C3CC3)nc12)N1CCOCC1. The molecule has 0 atom stereocenters. The van der Waals surface area contributed by atoms with E-state index in [0.29, 0.717) is 54.6 Å². The highest BCUT2D eigenvalue weighted by molar-refractivity contribution is 6.01. The van der Waals surface area contributed by atoms with Crippen molar-refractivity contribution in [3.63, 3.8) is 0 Å². The number of anilines is 3. The smallest absolute Gasteiger partial charge is 0.378 e. The molecular weight excluding hydrogens is 427 g/mol. The highest BCUT2D eigenvalue weighted by Gasteiger charge is 2.33. The molecule has 168 valence electrons. The monoisotopic (exact) mass is 447 g/mol. The Balaban J connectivity index is 1.47. The van der Waals surface area contributed by atoms with Crippen LogP contribution in [0.3, 0.4) is 0 Å². The average molecular weight is 447 g/mol. The van der Waals surface area contributed by atoms with Crippen LogP contribution >= 0.6 is 0 Å². The van der Waals surface area contributed by atoms with Crippen LogP contribution in [0.4, 0.5) is 35.3 Å². The Morgan fingerprint density at radius 2 is 1.97 bits per heavy atom. The summed E-state index contributed by atoms with van der Waals surface area (Å²) in [5.41, 5.74) is 1.05. The zero-order valence-electron chi connectivity index (χ0n) is 16.9. The fraction of sp³-hybridized carbons (Fsp3) is 0.400. The lowest BCUT2D eigenvalue weighted by Crippen LogP contribution is -2.43. The van der Waals surface area contributed by atoms with E-state index in [1.165, 1.54) is 0 Å². The summed E-state index contributed by atoms with van der Waals surface area (Å²) in [6.45, 7) is 1.87. The molecule has 0 spiro atoms. The first-order chi connectivity index (χ1) is 15.4. The first-order valence-corrected chi connectivity index (χ1v) is 10.2. The van der Waals surface area contributed by atoms with Gasteiger partial charge in [-0.05, 0) is 31.0 Å². The number of H-pyrrole nitrogens is 1. The number of amides is 2. The maximum Gasteiger partial charge on any atom is 0.433 e. The van der Waals surface area contributed by atoms with Crippen LogP contribution in [-0.2, 0) is 10.9 Å². The lowest BCUT2D eigenvalue weighted by atomic mass is 10.2. The number of morpholine rings is 1. The van der Waals surface area contributed by atoms with Crippen LogP contribution in [0.1, 0.15) is 30.3 Å². The highest BCUT2D eigenvalue weighted by atomic mass is 19.4. The van der Waals surface area contributed by atoms with Crippen molar-refractivity contribution in [3.8, 4) is 0 Å². The van der Waals surface area contributed by atoms with Crippen molar-refractivity contribution in [2.75, 3.05) is 36.9 Å². The number of imidazole rings is 1. The Bertz CT molecular complexity index is 1150. The number of hydrogen-bond donors (Lipinski definition) is 3. The predicted molar refractivity (Wildman–Crippen MR) is 110 cm³/mol. The third-order valence-electron chi connectivity index (χ3n) is 5.31. The second-order valence-electron chi connectivity index (χ2n) is 7.73. The molecular formula is C20H20F3N7O2. The maximum atomic E-state index is 13.0. The number of aromatic nitrogens is 4. The highest BCUT2D eigenvalue weighted by Crippen LogP contribution is 2.40. The van der Waals surface area contributed by atoms with Crippen LogP contribution in [0.15, 0.2) is 24.4 Å². The van der Waals surface area contributed by atoms with Gasteiger partial charge in [0, 0.05) is 30.9 Å². The van der Waals surface area contributed by atoms with Crippen LogP contribution in [0, 0.1) is 0 Å². The Morgan fingerprint density at radius 3 is 2.69 bits per heavy atom. The molecule has 1 aliphatic heterocycles. The van der Waals surface area contributed by atoms with Crippen molar-refractivity contribution in [1.82, 2.24) is 24.8 Å². The molecule has 32 heavy (non-hydrogen) atoms. The summed E-state index contributed by atoms with van der Waals surface area (Å²) in [5.74, 6) is 0.981. The van der Waals surface area contributed by atoms with Gasteiger partial charge in [0.05, 0.1) is 24.4 Å². The molecule has 1 aromatic carbocycles. The molecule has 3 aromatic rings. The predicted octanol–water partition coefficient (Wildman–Crippen LogP) is 3.86. The largest absolute Gasteiger partial charge is 0.433 e. The lowest BCUT2D eigenvalue weighted by molar-refractivity contribution is -0.141. The van der Waals surface area contributed by atoms with Crippen molar-refractivity contribution >= 4 is 34.4 Å². The normalized spacial score (nSPS) is 16.9. The number of aromatic amines is 1. The number of carbonyl (C=O) groups is 1. The van der Waals surface area contributed by atoms with Gasteiger partial charge >= 0.3 is 12.2 Å². The standard InChI is InChI=1S/C20H20F3N7O2/c21-20(22,23)15-3-4-24-18(28-15)25-12-9-13-16(29-17(26-13)11-1-2-11)14(10-12)27-19(31)30-5-7-32-8-6-30/h3-4,9-11H,1-2,5-8H2,(H,26,29)(H,27,31)(H,24,25,28). The lowest BCUT2D eigenvalue weighted by Gasteiger charge is -2.27. The number of carbonyl (C=O) groups excluding carboxylic acids is 1. The van der Waals surface area contributed by atoms with Gasteiger partial charge in [0.1, 0.15) is 17.0 Å². The van der Waals surface area contributed by atoms with Gasteiger partial charge in [-0.1, -0.05) is 0 Å². The molecule has 2 amide bonds. The van der Waals surface area contributed by atoms with E-state index in [4.69, 9.17) is 4.74 Å². The molecule has 1 saturated carbocycles. The van der Waals surface area contributed by atoms with Gasteiger partial charge in [0.25, 0.3) is 0 Å². The van der Waals surface area contributed by atoms with Crippen molar-refractivity contribution in [1.29, 1.82) is 0 Å². The van der Waals surface area contributed by atoms with Crippen LogP contribution in [0.25, 0.3) is 11.0 Å². The minimum atomic E-state index is -4.58. The van der Waals surface area contributed by atoms with E-state index >= 15 is 0 Å². The summed E-state index contributed by atoms with van der Waals surface area (Å²) in [7, 11) is 0. The fourth-order valence-electron chi connectivity index (χ4n) is 3.52. The van der Waals surface area contributed by atoms with Crippen molar-refractivity contribution < 1.29 is 22.7 Å². The second kappa shape index (κ2) is 7.93. The molecule has 9 nitrogen and oxygen atoms in total. The Hall–Kier alpha value is -3.41. The number of urea groups is 1. The molecule has 2 fully saturated rings. The Labute approximate surface area is 180 Å². The zero-order chi connectivity index (χ0) is 22.3. The molecule has 0 unspecified atom stereocenters. The van der Waals surface area contributed by atoms with E-state index < -0.39 is 11.9 Å². The molecule has 1 aliphatic carbocycles. The van der Waals surface area contributed by atoms with Gasteiger partial charge in [-0.3, -0.25) is 0 Å². The summed E-state index contributed by atoms with van der Waals surface area (Å²) < 4.78 is 44.3. The molecule has 2 aromatic heterocycles. The topological polar surface area (TPSA) is 108 Å². The van der Waals surface area contributed by atoms with Crippen molar-refractivity contribution in [2.24, 2.45) is 0 Å². The molecule has 2 aliphatic rings. The summed E-state index contributed by atoms with van der Waals surface area (Å²) in [5, 5.41) is 5.68. The summed E-state index contributed by atoms with van der Waals surface area (Å²) in [6, 6.07) is 3.83. The van der Waals surface area contributed by atoms with Crippen LogP contribution in [0.2, 0.25) is 0 Å². The van der Waals surface area contributed by atoms with Crippen LogP contribution < -0.4 is 10.6 Å². The zero-order valence-corrected chi connectivity index (χ0v) is 16.9. The molecule has 3 heterocycles. The summed E-state index contributed by atoms with van der Waals surface area (Å²) in [4.78, 5) is 29.7. The molecule has 1 saturated heterocycles. The van der Waals surface area contributed by atoms with Crippen molar-refractivity contribution in [3.05, 3.63) is 35.9 Å². The van der Waals surface area contributed by atoms with E-state index in [0.717, 1.165) is 30.9 Å². The van der Waals surface area contributed by atoms with Gasteiger partial charge in [-0.25, -0.2) is 19.7 Å². The van der Waals surface area contributed by atoms with E-state index in [9.17, 15) is 18.0 Å². The maximum absolute atomic E-state index is 13.0. The van der Waals surface area contributed by atoms with Gasteiger partial charge in [0.15, 0.2) is 0 Å². The number of benzene rings is 1. The number of rotatable bonds is 4. The van der Waals surface area contributed by atoms with Gasteiger partial charge in [-0.15, -0.1) is 0 Å². The first kappa shape index (κ1) is 20.5. The summed E-state index contributed by atoms with van der Waals surface area (Å²) in [6.07, 6.45) is -1.46. The van der Waals surface area contributed by atoms with Gasteiger partial charge in [-0.2, -0.15) is 13.2 Å². The third-order valence-corrected chi connectivity index (χ3v) is 5.31. The summed E-state index contributed by atoms with van der Waals surface area (Å²) >= 11 is 0. The molecule has 0 bridgehead atoms. The van der Waals surface area contributed by atoms with E-state index in [1.54, 1.807) is 17.0 Å². The number of alkyl halides is 3. The van der Waals surface area contributed by atoms with Crippen molar-refractivity contribution in [2.45, 2.75) is 24.9 Å².